The van der Waals surface area contributed by atoms with Crippen molar-refractivity contribution in [2.75, 3.05) is 0 Å². The van der Waals surface area contributed by atoms with E-state index >= 15 is 0 Å². The minimum absolute atomic E-state index is 0.194. The van der Waals surface area contributed by atoms with Gasteiger partial charge in [0.05, 0.1) is 5.56 Å². The largest absolute Gasteiger partial charge is 0.502 e. The molecule has 104 valence electrons. The fourth-order valence-electron chi connectivity index (χ4n) is 1.44. The van der Waals surface area contributed by atoms with Gasteiger partial charge < -0.3 is 9.84 Å². The van der Waals surface area contributed by atoms with Gasteiger partial charge in [-0.1, -0.05) is 6.07 Å². The Bertz CT molecular complexity index is 689. The predicted octanol–water partition coefficient (Wildman–Crippen LogP) is 4.56. The molecule has 2 aromatic carbocycles. The van der Waals surface area contributed by atoms with Crippen molar-refractivity contribution in [1.29, 1.82) is 0 Å². The summed E-state index contributed by atoms with van der Waals surface area (Å²) in [6.07, 6.45) is 0. The molecule has 20 heavy (non-hydrogen) atoms. The van der Waals surface area contributed by atoms with Gasteiger partial charge in [-0.05, 0) is 92.0 Å². The molecule has 0 aliphatic heterocycles. The summed E-state index contributed by atoms with van der Waals surface area (Å²) in [5.41, 5.74) is 0.404. The van der Waals surface area contributed by atoms with Gasteiger partial charge >= 0.3 is 5.97 Å². The molecule has 0 saturated carbocycles. The molecule has 0 spiro atoms. The van der Waals surface area contributed by atoms with E-state index in [2.05, 4.69) is 45.2 Å². The van der Waals surface area contributed by atoms with E-state index in [-0.39, 0.29) is 5.75 Å². The third-order valence-corrected chi connectivity index (χ3v) is 6.35. The van der Waals surface area contributed by atoms with Gasteiger partial charge in [-0.2, -0.15) is 0 Å². The molecule has 0 heterocycles. The summed E-state index contributed by atoms with van der Waals surface area (Å²) < 4.78 is 20.7. The summed E-state index contributed by atoms with van der Waals surface area (Å²) in [5.74, 6) is -2.32. The van der Waals surface area contributed by atoms with Crippen LogP contribution in [0.5, 0.6) is 11.5 Å². The summed E-state index contributed by atoms with van der Waals surface area (Å²) in [6.45, 7) is 0. The van der Waals surface area contributed by atoms with E-state index in [1.807, 2.05) is 28.7 Å². The van der Waals surface area contributed by atoms with Crippen molar-refractivity contribution in [3.63, 3.8) is 0 Å². The number of phenols is 1. The smallest absolute Gasteiger partial charge is 0.345 e. The third kappa shape index (κ3) is 3.35. The topological polar surface area (TPSA) is 46.5 Å². The van der Waals surface area contributed by atoms with Crippen molar-refractivity contribution >= 4 is 73.7 Å². The Hall–Kier alpha value is -0.170. The summed E-state index contributed by atoms with van der Waals surface area (Å²) in [7, 11) is 0. The molecule has 2 rings (SSSR count). The average Bonchev–Trinajstić information content (AvgIpc) is 2.40. The molecule has 2 aromatic rings. The SMILES string of the molecule is O=C(Oc1cccc(F)c1O)c1c(I)ccc(I)c1I. The predicted molar refractivity (Wildman–Crippen MR) is 97.6 cm³/mol. The second kappa shape index (κ2) is 6.73. The van der Waals surface area contributed by atoms with Crippen LogP contribution in [0.25, 0.3) is 0 Å². The number of ether oxygens (including phenoxy) is 1. The van der Waals surface area contributed by atoms with Gasteiger partial charge in [0.2, 0.25) is 0 Å². The molecular weight excluding hydrogens is 604 g/mol. The van der Waals surface area contributed by atoms with Crippen molar-refractivity contribution in [2.45, 2.75) is 0 Å². The van der Waals surface area contributed by atoms with Crippen LogP contribution in [-0.2, 0) is 0 Å². The quantitative estimate of drug-likeness (QED) is 0.235. The zero-order valence-electron chi connectivity index (χ0n) is 9.66. The number of phenolic OH excluding ortho intramolecular Hbond substituents is 1. The van der Waals surface area contributed by atoms with Gasteiger partial charge in [0, 0.05) is 10.7 Å². The first-order valence-corrected chi connectivity index (χ1v) is 8.48. The normalized spacial score (nSPS) is 10.4. The minimum atomic E-state index is -0.831. The molecule has 0 aromatic heterocycles. The van der Waals surface area contributed by atoms with E-state index in [0.717, 1.165) is 16.8 Å². The highest BCUT2D eigenvalue weighted by molar-refractivity contribution is 14.1. The summed E-state index contributed by atoms with van der Waals surface area (Å²) in [6, 6.07) is 7.48. The Labute approximate surface area is 155 Å². The lowest BCUT2D eigenvalue weighted by Gasteiger charge is -2.10. The number of esters is 1. The van der Waals surface area contributed by atoms with Crippen LogP contribution in [0.2, 0.25) is 0 Å². The van der Waals surface area contributed by atoms with Crippen molar-refractivity contribution in [1.82, 2.24) is 0 Å². The Morgan fingerprint density at radius 3 is 2.45 bits per heavy atom. The van der Waals surface area contributed by atoms with Crippen molar-refractivity contribution in [3.05, 3.63) is 52.4 Å². The molecule has 0 aliphatic carbocycles. The van der Waals surface area contributed by atoms with Gasteiger partial charge in [-0.15, -0.1) is 0 Å². The monoisotopic (exact) mass is 610 g/mol. The highest BCUT2D eigenvalue weighted by Crippen LogP contribution is 2.31. The second-order valence-corrected chi connectivity index (χ2v) is 7.10. The molecule has 0 saturated heterocycles. The van der Waals surface area contributed by atoms with Gasteiger partial charge in [-0.3, -0.25) is 0 Å². The number of hydrogen-bond acceptors (Lipinski definition) is 3. The Kier molecular flexibility index (Phi) is 5.45. The fourth-order valence-corrected chi connectivity index (χ4v) is 3.77. The van der Waals surface area contributed by atoms with E-state index < -0.39 is 17.5 Å². The molecule has 0 amide bonds. The molecule has 0 aliphatic rings. The summed E-state index contributed by atoms with van der Waals surface area (Å²) in [4.78, 5) is 12.2. The van der Waals surface area contributed by atoms with Crippen molar-refractivity contribution in [3.8, 4) is 11.5 Å². The number of para-hydroxylation sites is 1. The zero-order chi connectivity index (χ0) is 14.9. The summed E-state index contributed by atoms with van der Waals surface area (Å²) in [5, 5.41) is 9.53. The molecule has 0 atom stereocenters. The van der Waals surface area contributed by atoms with E-state index in [1.54, 1.807) is 6.07 Å². The van der Waals surface area contributed by atoms with Crippen LogP contribution in [0.4, 0.5) is 4.39 Å². The molecule has 7 heteroatoms. The number of rotatable bonds is 2. The highest BCUT2D eigenvalue weighted by Gasteiger charge is 2.20. The lowest BCUT2D eigenvalue weighted by atomic mass is 10.2. The molecule has 3 nitrogen and oxygen atoms in total. The van der Waals surface area contributed by atoms with Gasteiger partial charge in [0.25, 0.3) is 0 Å². The van der Waals surface area contributed by atoms with Crippen molar-refractivity contribution < 1.29 is 19.0 Å². The fraction of sp³-hybridized carbons (Fsp3) is 0. The van der Waals surface area contributed by atoms with E-state index in [9.17, 15) is 14.3 Å². The van der Waals surface area contributed by atoms with Gasteiger partial charge in [0.1, 0.15) is 0 Å². The van der Waals surface area contributed by atoms with Crippen LogP contribution in [0.1, 0.15) is 10.4 Å². The highest BCUT2D eigenvalue weighted by atomic mass is 127. The Balaban J connectivity index is 2.39. The lowest BCUT2D eigenvalue weighted by Crippen LogP contribution is -2.13. The third-order valence-electron chi connectivity index (χ3n) is 2.40. The standard InChI is InChI=1S/C13H6FI3O3/c14-6-2-1-3-9(12(6)18)20-13(19)10-7(15)4-5-8(16)11(10)17/h1-5,18H. The number of benzene rings is 2. The molecular formula is C13H6FI3O3. The van der Waals surface area contributed by atoms with E-state index in [1.165, 1.54) is 12.1 Å². The van der Waals surface area contributed by atoms with Crippen LogP contribution >= 0.6 is 67.8 Å². The Morgan fingerprint density at radius 1 is 1.10 bits per heavy atom. The maximum atomic E-state index is 13.2. The molecule has 1 N–H and O–H groups in total. The van der Waals surface area contributed by atoms with Crippen LogP contribution in [0.15, 0.2) is 30.3 Å². The first-order chi connectivity index (χ1) is 9.41. The Morgan fingerprint density at radius 2 is 1.75 bits per heavy atom. The maximum Gasteiger partial charge on any atom is 0.345 e. The van der Waals surface area contributed by atoms with Gasteiger partial charge in [-0.25, -0.2) is 9.18 Å². The first kappa shape index (κ1) is 16.2. The average molecular weight is 610 g/mol. The molecule has 0 unspecified atom stereocenters. The van der Waals surface area contributed by atoms with Gasteiger partial charge in [0.15, 0.2) is 17.3 Å². The molecule has 0 radical (unpaired) electrons. The summed E-state index contributed by atoms with van der Waals surface area (Å²) >= 11 is 6.20. The first-order valence-electron chi connectivity index (χ1n) is 5.25. The minimum Gasteiger partial charge on any atom is -0.502 e. The molecule has 0 bridgehead atoms. The maximum absolute atomic E-state index is 13.2. The van der Waals surface area contributed by atoms with Crippen LogP contribution in [-0.4, -0.2) is 11.1 Å². The van der Waals surface area contributed by atoms with Crippen LogP contribution in [0.3, 0.4) is 0 Å². The van der Waals surface area contributed by atoms with E-state index in [0.29, 0.717) is 5.56 Å². The van der Waals surface area contributed by atoms with Crippen molar-refractivity contribution in [2.24, 2.45) is 0 Å². The van der Waals surface area contributed by atoms with Crippen LogP contribution < -0.4 is 4.74 Å². The number of carbonyl (C=O) groups excluding carboxylic acids is 1. The number of halogens is 4. The van der Waals surface area contributed by atoms with E-state index in [4.69, 9.17) is 4.74 Å². The number of aromatic hydroxyl groups is 1. The number of carbonyl (C=O) groups is 1. The van der Waals surface area contributed by atoms with Crippen LogP contribution in [0, 0.1) is 16.5 Å². The number of hydrogen-bond donors (Lipinski definition) is 1. The molecule has 0 fully saturated rings. The second-order valence-electron chi connectivity index (χ2n) is 3.69. The zero-order valence-corrected chi connectivity index (χ0v) is 16.1. The lowest BCUT2D eigenvalue weighted by molar-refractivity contribution is 0.0726.